The zero-order chi connectivity index (χ0) is 9.52. The number of anilines is 1. The van der Waals surface area contributed by atoms with Crippen molar-refractivity contribution in [2.75, 3.05) is 18.5 Å². The van der Waals surface area contributed by atoms with Gasteiger partial charge in [-0.3, -0.25) is 0 Å². The Morgan fingerprint density at radius 1 is 1.38 bits per heavy atom. The van der Waals surface area contributed by atoms with Crippen LogP contribution >= 0.6 is 0 Å². The van der Waals surface area contributed by atoms with Crippen LogP contribution in [0.3, 0.4) is 0 Å². The van der Waals surface area contributed by atoms with Gasteiger partial charge in [-0.2, -0.15) is 0 Å². The minimum absolute atomic E-state index is 0.550. The molecule has 1 aromatic carbocycles. The molecule has 0 fully saturated rings. The molecule has 0 aliphatic carbocycles. The second kappa shape index (κ2) is 5.10. The van der Waals surface area contributed by atoms with Gasteiger partial charge in [-0.25, -0.2) is 0 Å². The summed E-state index contributed by atoms with van der Waals surface area (Å²) in [5, 5.41) is 3.07. The van der Waals surface area contributed by atoms with E-state index in [0.717, 1.165) is 11.4 Å². The van der Waals surface area contributed by atoms with Gasteiger partial charge in [0.15, 0.2) is 0 Å². The molecule has 0 aliphatic heterocycles. The largest absolute Gasteiger partial charge is 0.494 e. The van der Waals surface area contributed by atoms with Crippen molar-refractivity contribution in [1.82, 2.24) is 0 Å². The smallest absolute Gasteiger partial charge is 0.119 e. The summed E-state index contributed by atoms with van der Waals surface area (Å²) in [6.45, 7) is 3.20. The predicted octanol–water partition coefficient (Wildman–Crippen LogP) is 2.13. The second-order valence-electron chi connectivity index (χ2n) is 2.52. The first kappa shape index (κ1) is 9.47. The molecule has 13 heavy (non-hydrogen) atoms. The molecule has 0 saturated heterocycles. The molecule has 0 bridgehead atoms. The average Bonchev–Trinajstić information content (AvgIpc) is 2.17. The van der Waals surface area contributed by atoms with E-state index in [-0.39, 0.29) is 0 Å². The predicted molar refractivity (Wildman–Crippen MR) is 54.9 cm³/mol. The molecule has 0 unspecified atom stereocenters. The van der Waals surface area contributed by atoms with Gasteiger partial charge >= 0.3 is 0 Å². The van der Waals surface area contributed by atoms with Crippen molar-refractivity contribution in [3.05, 3.63) is 24.3 Å². The lowest BCUT2D eigenvalue weighted by molar-refractivity contribution is 0.340. The highest BCUT2D eigenvalue weighted by atomic mass is 16.5. The summed E-state index contributed by atoms with van der Waals surface area (Å²) in [7, 11) is 0. The van der Waals surface area contributed by atoms with Crippen LogP contribution in [-0.4, -0.2) is 13.2 Å². The minimum Gasteiger partial charge on any atom is -0.494 e. The molecule has 0 aromatic heterocycles. The molecule has 0 amide bonds. The molecule has 2 nitrogen and oxygen atoms in total. The van der Waals surface area contributed by atoms with E-state index in [0.29, 0.717) is 13.2 Å². The highest BCUT2D eigenvalue weighted by molar-refractivity contribution is 5.46. The fourth-order valence-electron chi connectivity index (χ4n) is 0.989. The lowest BCUT2D eigenvalue weighted by Crippen LogP contribution is -1.98. The third-order valence-corrected chi connectivity index (χ3v) is 1.56. The SMILES string of the molecule is C#CCNc1ccc(OCC)cc1. The standard InChI is InChI=1S/C11H13NO/c1-3-9-12-10-5-7-11(8-6-10)13-4-2/h1,5-8,12H,4,9H2,2H3. The molecule has 1 N–H and O–H groups in total. The van der Waals surface area contributed by atoms with Gasteiger partial charge in [-0.15, -0.1) is 6.42 Å². The Bertz CT molecular complexity index is 284. The Morgan fingerprint density at radius 3 is 2.62 bits per heavy atom. The van der Waals surface area contributed by atoms with Gasteiger partial charge < -0.3 is 10.1 Å². The first-order valence-corrected chi connectivity index (χ1v) is 4.27. The van der Waals surface area contributed by atoms with Crippen molar-refractivity contribution in [2.45, 2.75) is 6.92 Å². The van der Waals surface area contributed by atoms with Gasteiger partial charge in [0.05, 0.1) is 13.2 Å². The molecular weight excluding hydrogens is 162 g/mol. The number of nitrogens with one attached hydrogen (secondary N) is 1. The first-order chi connectivity index (χ1) is 6.36. The quantitative estimate of drug-likeness (QED) is 0.708. The fraction of sp³-hybridized carbons (Fsp3) is 0.273. The third kappa shape index (κ3) is 3.08. The third-order valence-electron chi connectivity index (χ3n) is 1.56. The molecule has 0 aliphatic rings. The summed E-state index contributed by atoms with van der Waals surface area (Å²) >= 11 is 0. The van der Waals surface area contributed by atoms with Crippen LogP contribution in [0.1, 0.15) is 6.92 Å². The highest BCUT2D eigenvalue weighted by Crippen LogP contribution is 2.14. The van der Waals surface area contributed by atoms with Crippen LogP contribution in [0.25, 0.3) is 0 Å². The van der Waals surface area contributed by atoms with Crippen LogP contribution < -0.4 is 10.1 Å². The van der Waals surface area contributed by atoms with Crippen LogP contribution in [0, 0.1) is 12.3 Å². The Hall–Kier alpha value is -1.62. The number of ether oxygens (including phenoxy) is 1. The Labute approximate surface area is 78.9 Å². The maximum Gasteiger partial charge on any atom is 0.119 e. The molecule has 0 atom stereocenters. The number of benzene rings is 1. The maximum atomic E-state index is 5.30. The summed E-state index contributed by atoms with van der Waals surface area (Å²) in [4.78, 5) is 0. The van der Waals surface area contributed by atoms with Crippen molar-refractivity contribution < 1.29 is 4.74 Å². The van der Waals surface area contributed by atoms with E-state index in [1.807, 2.05) is 31.2 Å². The van der Waals surface area contributed by atoms with Crippen molar-refractivity contribution >= 4 is 5.69 Å². The van der Waals surface area contributed by atoms with Crippen molar-refractivity contribution in [1.29, 1.82) is 0 Å². The molecular formula is C11H13NO. The van der Waals surface area contributed by atoms with Crippen molar-refractivity contribution in [3.8, 4) is 18.1 Å². The molecule has 68 valence electrons. The Kier molecular flexibility index (Phi) is 3.72. The lowest BCUT2D eigenvalue weighted by Gasteiger charge is -2.05. The number of hydrogen-bond acceptors (Lipinski definition) is 2. The van der Waals surface area contributed by atoms with E-state index >= 15 is 0 Å². The molecule has 0 heterocycles. The molecule has 0 saturated carbocycles. The molecule has 0 radical (unpaired) electrons. The molecule has 1 rings (SSSR count). The van der Waals surface area contributed by atoms with Crippen LogP contribution in [0.15, 0.2) is 24.3 Å². The molecule has 2 heteroatoms. The molecule has 0 spiro atoms. The van der Waals surface area contributed by atoms with Crippen LogP contribution in [0.2, 0.25) is 0 Å². The van der Waals surface area contributed by atoms with Gasteiger partial charge in [0, 0.05) is 5.69 Å². The summed E-state index contributed by atoms with van der Waals surface area (Å²) in [5.74, 6) is 3.40. The number of rotatable bonds is 4. The van der Waals surface area contributed by atoms with E-state index < -0.39 is 0 Å². The van der Waals surface area contributed by atoms with Gasteiger partial charge in [-0.1, -0.05) is 5.92 Å². The van der Waals surface area contributed by atoms with Gasteiger partial charge in [0.1, 0.15) is 5.75 Å². The van der Waals surface area contributed by atoms with Gasteiger partial charge in [0.2, 0.25) is 0 Å². The van der Waals surface area contributed by atoms with Crippen LogP contribution in [0.4, 0.5) is 5.69 Å². The van der Waals surface area contributed by atoms with Crippen molar-refractivity contribution in [2.24, 2.45) is 0 Å². The summed E-state index contributed by atoms with van der Waals surface area (Å²) in [6.07, 6.45) is 5.12. The maximum absolute atomic E-state index is 5.30. The minimum atomic E-state index is 0.550. The monoisotopic (exact) mass is 175 g/mol. The Morgan fingerprint density at radius 2 is 2.08 bits per heavy atom. The topological polar surface area (TPSA) is 21.3 Å². The van der Waals surface area contributed by atoms with E-state index in [4.69, 9.17) is 11.2 Å². The average molecular weight is 175 g/mol. The summed E-state index contributed by atoms with van der Waals surface area (Å²) < 4.78 is 5.30. The van der Waals surface area contributed by atoms with E-state index in [2.05, 4.69) is 11.2 Å². The zero-order valence-electron chi connectivity index (χ0n) is 7.71. The van der Waals surface area contributed by atoms with E-state index in [9.17, 15) is 0 Å². The van der Waals surface area contributed by atoms with Crippen LogP contribution in [0.5, 0.6) is 5.75 Å². The second-order valence-corrected chi connectivity index (χ2v) is 2.52. The zero-order valence-corrected chi connectivity index (χ0v) is 7.71. The Balaban J connectivity index is 2.54. The van der Waals surface area contributed by atoms with Crippen molar-refractivity contribution in [3.63, 3.8) is 0 Å². The summed E-state index contributed by atoms with van der Waals surface area (Å²) in [6, 6.07) is 7.73. The normalized spacial score (nSPS) is 8.92. The van der Waals surface area contributed by atoms with Crippen LogP contribution in [-0.2, 0) is 0 Å². The van der Waals surface area contributed by atoms with Gasteiger partial charge in [0.25, 0.3) is 0 Å². The highest BCUT2D eigenvalue weighted by Gasteiger charge is 1.92. The molecule has 1 aromatic rings. The van der Waals surface area contributed by atoms with Gasteiger partial charge in [-0.05, 0) is 31.2 Å². The number of hydrogen-bond donors (Lipinski definition) is 1. The fourth-order valence-corrected chi connectivity index (χ4v) is 0.989. The summed E-state index contributed by atoms with van der Waals surface area (Å²) in [5.41, 5.74) is 1.02. The lowest BCUT2D eigenvalue weighted by atomic mass is 10.3. The van der Waals surface area contributed by atoms with E-state index in [1.165, 1.54) is 0 Å². The van der Waals surface area contributed by atoms with E-state index in [1.54, 1.807) is 0 Å². The first-order valence-electron chi connectivity index (χ1n) is 4.27. The number of terminal acetylenes is 1.